The maximum Gasteiger partial charge on any atom is 0.309 e. The van der Waals surface area contributed by atoms with Crippen LogP contribution in [0.1, 0.15) is 80.1 Å². The molecule has 0 spiro atoms. The average Bonchev–Trinajstić information content (AvgIpc) is 2.47. The van der Waals surface area contributed by atoms with Crippen molar-refractivity contribution in [1.29, 1.82) is 0 Å². The molecule has 0 N–H and O–H groups in total. The average molecular weight is 333 g/mol. The molecule has 0 aromatic carbocycles. The molecule has 132 valence electrons. The van der Waals surface area contributed by atoms with Gasteiger partial charge in [0.05, 0.1) is 23.6 Å². The second kappa shape index (κ2) is 12.2. The van der Waals surface area contributed by atoms with Gasteiger partial charge in [0.25, 0.3) is 0 Å². The fourth-order valence-electron chi connectivity index (χ4n) is 2.63. The fraction of sp³-hybridized carbons (Fsp3) is 0.944. The molecule has 2 unspecified atom stereocenters. The molecule has 0 aromatic heterocycles. The highest BCUT2D eigenvalue weighted by molar-refractivity contribution is 7.80. The number of carbonyl (C=O) groups is 1. The lowest BCUT2D eigenvalue weighted by Crippen LogP contribution is -2.30. The summed E-state index contributed by atoms with van der Waals surface area (Å²) < 4.78 is 11.2. The lowest BCUT2D eigenvalue weighted by atomic mass is 9.87. The summed E-state index contributed by atoms with van der Waals surface area (Å²) in [5.74, 6) is 0.706. The predicted octanol–water partition coefficient (Wildman–Crippen LogP) is 5.23. The van der Waals surface area contributed by atoms with Gasteiger partial charge in [0.2, 0.25) is 0 Å². The smallest absolute Gasteiger partial charge is 0.309 e. The summed E-state index contributed by atoms with van der Waals surface area (Å²) in [5.41, 5.74) is -0.0282. The molecule has 22 heavy (non-hydrogen) atoms. The SMILES string of the molecule is CC.CC(C)CCC(C)OC(=O)C1CCC(OC(C)S)CC1. The molecule has 2 atom stereocenters. The van der Waals surface area contributed by atoms with E-state index < -0.39 is 0 Å². The van der Waals surface area contributed by atoms with Crippen LogP contribution in [-0.2, 0) is 14.3 Å². The quantitative estimate of drug-likeness (QED) is 0.394. The van der Waals surface area contributed by atoms with Crippen LogP contribution < -0.4 is 0 Å². The minimum absolute atomic E-state index is 0.0152. The molecule has 1 saturated carbocycles. The van der Waals surface area contributed by atoms with Crippen molar-refractivity contribution in [2.24, 2.45) is 11.8 Å². The summed E-state index contributed by atoms with van der Waals surface area (Å²) in [6.07, 6.45) is 5.98. The molecule has 0 radical (unpaired) electrons. The molecular formula is C18H36O3S. The molecule has 0 amide bonds. The van der Waals surface area contributed by atoms with Crippen molar-refractivity contribution in [3.8, 4) is 0 Å². The zero-order chi connectivity index (χ0) is 17.1. The van der Waals surface area contributed by atoms with Gasteiger partial charge in [0.1, 0.15) is 0 Å². The van der Waals surface area contributed by atoms with Gasteiger partial charge in [-0.25, -0.2) is 0 Å². The molecule has 0 saturated heterocycles. The number of esters is 1. The number of ether oxygens (including phenoxy) is 2. The van der Waals surface area contributed by atoms with Crippen LogP contribution in [0.25, 0.3) is 0 Å². The number of rotatable bonds is 7. The van der Waals surface area contributed by atoms with Crippen LogP contribution in [0.15, 0.2) is 0 Å². The van der Waals surface area contributed by atoms with Crippen molar-refractivity contribution in [2.45, 2.75) is 97.7 Å². The Morgan fingerprint density at radius 2 is 1.59 bits per heavy atom. The molecule has 0 aromatic rings. The van der Waals surface area contributed by atoms with Gasteiger partial charge in [0, 0.05) is 0 Å². The molecule has 0 bridgehead atoms. The third-order valence-corrected chi connectivity index (χ3v) is 3.99. The molecule has 4 heteroatoms. The zero-order valence-electron chi connectivity index (χ0n) is 15.3. The number of hydrogen-bond donors (Lipinski definition) is 1. The van der Waals surface area contributed by atoms with E-state index >= 15 is 0 Å². The Morgan fingerprint density at radius 1 is 1.05 bits per heavy atom. The van der Waals surface area contributed by atoms with Crippen molar-refractivity contribution in [2.75, 3.05) is 0 Å². The number of thiol groups is 1. The largest absolute Gasteiger partial charge is 0.462 e. The van der Waals surface area contributed by atoms with Crippen molar-refractivity contribution in [1.82, 2.24) is 0 Å². The molecule has 0 aliphatic heterocycles. The van der Waals surface area contributed by atoms with Crippen molar-refractivity contribution >= 4 is 18.6 Å². The topological polar surface area (TPSA) is 35.5 Å². The summed E-state index contributed by atoms with van der Waals surface area (Å²) in [5, 5.41) is 0. The summed E-state index contributed by atoms with van der Waals surface area (Å²) >= 11 is 4.24. The highest BCUT2D eigenvalue weighted by Crippen LogP contribution is 2.28. The van der Waals surface area contributed by atoms with Crippen LogP contribution in [0, 0.1) is 11.8 Å². The van der Waals surface area contributed by atoms with E-state index in [-0.39, 0.29) is 29.5 Å². The Hall–Kier alpha value is -0.220. The van der Waals surface area contributed by atoms with E-state index in [4.69, 9.17) is 9.47 Å². The van der Waals surface area contributed by atoms with E-state index in [1.165, 1.54) is 0 Å². The summed E-state index contributed by atoms with van der Waals surface area (Å²) in [4.78, 5) is 12.1. The standard InChI is InChI=1S/C16H30O3S.C2H6/c1-11(2)5-6-12(3)18-16(17)14-7-9-15(10-8-14)19-13(4)20;1-2/h11-15,20H,5-10H2,1-4H3;1-2H3. The number of carbonyl (C=O) groups excluding carboxylic acids is 1. The molecule has 0 heterocycles. The molecule has 1 aliphatic rings. The van der Waals surface area contributed by atoms with Gasteiger partial charge in [-0.1, -0.05) is 27.7 Å². The predicted molar refractivity (Wildman–Crippen MR) is 96.3 cm³/mol. The Bertz CT molecular complexity index is 284. The highest BCUT2D eigenvalue weighted by Gasteiger charge is 2.29. The van der Waals surface area contributed by atoms with Crippen LogP contribution in [0.4, 0.5) is 0 Å². The van der Waals surface area contributed by atoms with Gasteiger partial charge in [-0.3, -0.25) is 4.79 Å². The van der Waals surface area contributed by atoms with Crippen LogP contribution in [0.5, 0.6) is 0 Å². The Morgan fingerprint density at radius 3 is 2.05 bits per heavy atom. The molecule has 1 fully saturated rings. The van der Waals surface area contributed by atoms with Gasteiger partial charge in [-0.05, 0) is 58.3 Å². The zero-order valence-corrected chi connectivity index (χ0v) is 16.2. The van der Waals surface area contributed by atoms with Gasteiger partial charge < -0.3 is 9.47 Å². The van der Waals surface area contributed by atoms with Gasteiger partial charge in [-0.2, -0.15) is 0 Å². The Labute approximate surface area is 142 Å². The fourth-order valence-corrected chi connectivity index (χ4v) is 2.81. The van der Waals surface area contributed by atoms with Crippen LogP contribution in [-0.4, -0.2) is 23.6 Å². The first-order valence-electron chi connectivity index (χ1n) is 8.92. The number of hydrogen-bond acceptors (Lipinski definition) is 4. The van der Waals surface area contributed by atoms with E-state index in [2.05, 4.69) is 26.5 Å². The van der Waals surface area contributed by atoms with Crippen molar-refractivity contribution < 1.29 is 14.3 Å². The maximum absolute atomic E-state index is 12.1. The van der Waals surface area contributed by atoms with Gasteiger partial charge in [0.15, 0.2) is 0 Å². The highest BCUT2D eigenvalue weighted by atomic mass is 32.1. The second-order valence-corrected chi connectivity index (χ2v) is 7.15. The van der Waals surface area contributed by atoms with Crippen LogP contribution >= 0.6 is 12.6 Å². The second-order valence-electron chi connectivity index (χ2n) is 6.43. The van der Waals surface area contributed by atoms with Crippen LogP contribution in [0.2, 0.25) is 0 Å². The normalized spacial score (nSPS) is 24.2. The maximum atomic E-state index is 12.1. The summed E-state index contributed by atoms with van der Waals surface area (Å²) in [7, 11) is 0. The first-order valence-corrected chi connectivity index (χ1v) is 9.44. The van der Waals surface area contributed by atoms with Crippen molar-refractivity contribution in [3.05, 3.63) is 0 Å². The van der Waals surface area contributed by atoms with E-state index in [1.807, 2.05) is 27.7 Å². The van der Waals surface area contributed by atoms with Gasteiger partial charge in [-0.15, -0.1) is 12.6 Å². The summed E-state index contributed by atoms with van der Waals surface area (Å²) in [6, 6.07) is 0. The van der Waals surface area contributed by atoms with Gasteiger partial charge >= 0.3 is 5.97 Å². The minimum Gasteiger partial charge on any atom is -0.462 e. The Kier molecular flexibility index (Phi) is 12.1. The lowest BCUT2D eigenvalue weighted by molar-refractivity contribution is -0.155. The summed E-state index contributed by atoms with van der Waals surface area (Å²) in [6.45, 7) is 12.3. The third-order valence-electron chi connectivity index (χ3n) is 3.86. The van der Waals surface area contributed by atoms with E-state index in [9.17, 15) is 4.79 Å². The molecule has 1 aliphatic carbocycles. The molecule has 1 rings (SSSR count). The first-order chi connectivity index (χ1) is 10.4. The monoisotopic (exact) mass is 332 g/mol. The van der Waals surface area contributed by atoms with E-state index in [0.29, 0.717) is 5.92 Å². The minimum atomic E-state index is -0.0282. The third kappa shape index (κ3) is 9.73. The lowest BCUT2D eigenvalue weighted by Gasteiger charge is -2.29. The first kappa shape index (κ1) is 21.8. The van der Waals surface area contributed by atoms with Crippen molar-refractivity contribution in [3.63, 3.8) is 0 Å². The molecule has 3 nitrogen and oxygen atoms in total. The van der Waals surface area contributed by atoms with E-state index in [0.717, 1.165) is 38.5 Å². The molecular weight excluding hydrogens is 296 g/mol. The van der Waals surface area contributed by atoms with E-state index in [1.54, 1.807) is 0 Å². The Balaban J connectivity index is 0.00000211. The van der Waals surface area contributed by atoms with Crippen LogP contribution in [0.3, 0.4) is 0 Å².